The number of nitrogens with zero attached hydrogens (tertiary/aromatic N) is 6. The van der Waals surface area contributed by atoms with Gasteiger partial charge in [0, 0.05) is 49.4 Å². The first-order valence-corrected chi connectivity index (χ1v) is 9.09. The molecule has 3 aromatic rings. The summed E-state index contributed by atoms with van der Waals surface area (Å²) in [5.74, 6) is 0. The van der Waals surface area contributed by atoms with Crippen LogP contribution in [0.2, 0.25) is 0 Å². The second-order valence-corrected chi connectivity index (χ2v) is 6.44. The van der Waals surface area contributed by atoms with Gasteiger partial charge in [0.2, 0.25) is 0 Å². The van der Waals surface area contributed by atoms with E-state index >= 15 is 0 Å². The first-order valence-electron chi connectivity index (χ1n) is 8.69. The van der Waals surface area contributed by atoms with Crippen LogP contribution < -0.4 is 10.6 Å². The van der Waals surface area contributed by atoms with Crippen LogP contribution in [0.5, 0.6) is 0 Å². The number of hydrogen-bond donors (Lipinski definition) is 2. The van der Waals surface area contributed by atoms with E-state index in [1.165, 1.54) is 0 Å². The zero-order valence-corrected chi connectivity index (χ0v) is 16.1. The predicted molar refractivity (Wildman–Crippen MR) is 105 cm³/mol. The van der Waals surface area contributed by atoms with Crippen LogP contribution >= 0.6 is 12.2 Å². The molecule has 0 spiro atoms. The molecule has 0 atom stereocenters. The lowest BCUT2D eigenvalue weighted by Crippen LogP contribution is -2.27. The summed E-state index contributed by atoms with van der Waals surface area (Å²) in [7, 11) is 0. The van der Waals surface area contributed by atoms with E-state index in [1.807, 2.05) is 45.8 Å². The monoisotopic (exact) mass is 372 g/mol. The number of nitrogens with one attached hydrogen (secondary N) is 2. The van der Waals surface area contributed by atoms with Crippen LogP contribution in [0.15, 0.2) is 31.0 Å². The van der Waals surface area contributed by atoms with Gasteiger partial charge in [0.1, 0.15) is 0 Å². The first kappa shape index (κ1) is 18.1. The Bertz CT molecular complexity index is 875. The van der Waals surface area contributed by atoms with Crippen molar-refractivity contribution in [2.45, 2.75) is 47.0 Å². The molecule has 9 heteroatoms. The Balaban J connectivity index is 1.51. The van der Waals surface area contributed by atoms with Crippen LogP contribution in [0, 0.1) is 6.92 Å². The second-order valence-electron chi connectivity index (χ2n) is 6.03. The van der Waals surface area contributed by atoms with Crippen molar-refractivity contribution in [1.29, 1.82) is 0 Å². The van der Waals surface area contributed by atoms with Gasteiger partial charge in [-0.15, -0.1) is 0 Å². The predicted octanol–water partition coefficient (Wildman–Crippen LogP) is 2.16. The number of anilines is 1. The van der Waals surface area contributed by atoms with Crippen molar-refractivity contribution in [3.63, 3.8) is 0 Å². The van der Waals surface area contributed by atoms with Crippen molar-refractivity contribution in [2.24, 2.45) is 0 Å². The third-order valence-electron chi connectivity index (χ3n) is 4.06. The summed E-state index contributed by atoms with van der Waals surface area (Å²) in [5.41, 5.74) is 4.12. The molecule has 0 aliphatic heterocycles. The van der Waals surface area contributed by atoms with Crippen molar-refractivity contribution in [1.82, 2.24) is 34.7 Å². The third-order valence-corrected chi connectivity index (χ3v) is 4.30. The lowest BCUT2D eigenvalue weighted by Gasteiger charge is -2.08. The van der Waals surface area contributed by atoms with Gasteiger partial charge in [0.05, 0.1) is 30.3 Å². The van der Waals surface area contributed by atoms with Gasteiger partial charge in [-0.25, -0.2) is 0 Å². The summed E-state index contributed by atoms with van der Waals surface area (Å²) in [6, 6.07) is 0. The summed E-state index contributed by atoms with van der Waals surface area (Å²) < 4.78 is 5.69. The average Bonchev–Trinajstić information content (AvgIpc) is 3.34. The Morgan fingerprint density at radius 3 is 2.50 bits per heavy atom. The average molecular weight is 373 g/mol. The summed E-state index contributed by atoms with van der Waals surface area (Å²) >= 11 is 5.37. The highest BCUT2D eigenvalue weighted by molar-refractivity contribution is 7.80. The van der Waals surface area contributed by atoms with Crippen molar-refractivity contribution >= 4 is 23.0 Å². The fraction of sp³-hybridized carbons (Fsp3) is 0.412. The molecular formula is C17H24N8S. The Morgan fingerprint density at radius 2 is 1.81 bits per heavy atom. The molecule has 0 fully saturated rings. The van der Waals surface area contributed by atoms with E-state index in [0.717, 1.165) is 35.6 Å². The zero-order chi connectivity index (χ0) is 18.5. The maximum Gasteiger partial charge on any atom is 0.171 e. The van der Waals surface area contributed by atoms with E-state index < -0.39 is 0 Å². The van der Waals surface area contributed by atoms with Crippen molar-refractivity contribution in [3.05, 3.63) is 47.8 Å². The number of rotatable bonds is 7. The maximum absolute atomic E-state index is 5.37. The van der Waals surface area contributed by atoms with Gasteiger partial charge in [-0.3, -0.25) is 14.0 Å². The van der Waals surface area contributed by atoms with Crippen LogP contribution in [0.3, 0.4) is 0 Å². The molecule has 0 bridgehead atoms. The molecule has 3 heterocycles. The van der Waals surface area contributed by atoms with E-state index in [2.05, 4.69) is 39.8 Å². The normalized spacial score (nSPS) is 10.9. The first-order chi connectivity index (χ1) is 12.6. The summed E-state index contributed by atoms with van der Waals surface area (Å²) in [5, 5.41) is 20.0. The summed E-state index contributed by atoms with van der Waals surface area (Å²) in [6.07, 6.45) is 9.62. The van der Waals surface area contributed by atoms with Crippen LogP contribution in [0.4, 0.5) is 5.69 Å². The molecule has 0 aliphatic carbocycles. The minimum absolute atomic E-state index is 0.562. The molecule has 0 amide bonds. The molecule has 0 unspecified atom stereocenters. The molecule has 0 aliphatic rings. The third kappa shape index (κ3) is 4.48. The van der Waals surface area contributed by atoms with E-state index in [4.69, 9.17) is 12.2 Å². The van der Waals surface area contributed by atoms with Crippen molar-refractivity contribution < 1.29 is 0 Å². The molecule has 138 valence electrons. The molecular weight excluding hydrogens is 348 g/mol. The lowest BCUT2D eigenvalue weighted by atomic mass is 10.3. The smallest absolute Gasteiger partial charge is 0.171 e. The molecule has 2 N–H and O–H groups in total. The largest absolute Gasteiger partial charge is 0.358 e. The maximum atomic E-state index is 5.37. The molecule has 26 heavy (non-hydrogen) atoms. The summed E-state index contributed by atoms with van der Waals surface area (Å²) in [6.45, 7) is 9.18. The fourth-order valence-corrected chi connectivity index (χ4v) is 2.80. The van der Waals surface area contributed by atoms with E-state index in [0.29, 0.717) is 18.2 Å². The number of aryl methyl sites for hydroxylation is 3. The topological polar surface area (TPSA) is 77.5 Å². The Kier molecular flexibility index (Phi) is 5.67. The van der Waals surface area contributed by atoms with Gasteiger partial charge < -0.3 is 10.6 Å². The van der Waals surface area contributed by atoms with Crippen LogP contribution in [-0.4, -0.2) is 34.5 Å². The zero-order valence-electron chi connectivity index (χ0n) is 15.3. The molecule has 3 aromatic heterocycles. The second kappa shape index (κ2) is 8.13. The van der Waals surface area contributed by atoms with E-state index in [9.17, 15) is 0 Å². The number of aromatic nitrogens is 6. The van der Waals surface area contributed by atoms with Crippen LogP contribution in [0.1, 0.15) is 30.7 Å². The minimum Gasteiger partial charge on any atom is -0.358 e. The van der Waals surface area contributed by atoms with Gasteiger partial charge in [0.15, 0.2) is 5.11 Å². The minimum atomic E-state index is 0.562. The highest BCUT2D eigenvalue weighted by Gasteiger charge is 2.06. The Morgan fingerprint density at radius 1 is 1.04 bits per heavy atom. The highest BCUT2D eigenvalue weighted by Crippen LogP contribution is 2.09. The van der Waals surface area contributed by atoms with Crippen LogP contribution in [0.25, 0.3) is 0 Å². The van der Waals surface area contributed by atoms with Crippen molar-refractivity contribution in [3.8, 4) is 0 Å². The Labute approximate surface area is 158 Å². The SMILES string of the molecule is CCn1cc(Cn2cc(NC(=S)NCc3cn(CC)nc3C)cn2)cn1. The quantitative estimate of drug-likeness (QED) is 0.619. The van der Waals surface area contributed by atoms with Crippen LogP contribution in [-0.2, 0) is 26.2 Å². The van der Waals surface area contributed by atoms with Gasteiger partial charge in [-0.1, -0.05) is 0 Å². The molecule has 3 rings (SSSR count). The Hall–Kier alpha value is -2.68. The van der Waals surface area contributed by atoms with Gasteiger partial charge in [-0.05, 0) is 33.0 Å². The highest BCUT2D eigenvalue weighted by atomic mass is 32.1. The van der Waals surface area contributed by atoms with Crippen molar-refractivity contribution in [2.75, 3.05) is 5.32 Å². The summed E-state index contributed by atoms with van der Waals surface area (Å²) in [4.78, 5) is 0. The molecule has 0 saturated carbocycles. The van der Waals surface area contributed by atoms with Gasteiger partial charge >= 0.3 is 0 Å². The van der Waals surface area contributed by atoms with Gasteiger partial charge in [-0.2, -0.15) is 15.3 Å². The number of thiocarbonyl (C=S) groups is 1. The number of hydrogen-bond acceptors (Lipinski definition) is 4. The lowest BCUT2D eigenvalue weighted by molar-refractivity contribution is 0.653. The van der Waals surface area contributed by atoms with E-state index in [-0.39, 0.29) is 0 Å². The standard InChI is InChI=1S/C17H24N8S/c1-4-23-9-14(6-19-23)10-25-12-16(8-20-25)21-17(26)18-7-15-11-24(5-2)22-13(15)3/h6,8-9,11-12H,4-5,7,10H2,1-3H3,(H2,18,21,26). The molecule has 0 saturated heterocycles. The van der Waals surface area contributed by atoms with E-state index in [1.54, 1.807) is 6.20 Å². The molecule has 8 nitrogen and oxygen atoms in total. The molecule has 0 aromatic carbocycles. The van der Waals surface area contributed by atoms with Gasteiger partial charge in [0.25, 0.3) is 0 Å². The fourth-order valence-electron chi connectivity index (χ4n) is 2.61. The molecule has 0 radical (unpaired) electrons.